The van der Waals surface area contributed by atoms with E-state index in [-0.39, 0.29) is 5.78 Å². The van der Waals surface area contributed by atoms with Gasteiger partial charge in [-0.3, -0.25) is 9.69 Å². The molecule has 0 spiro atoms. The van der Waals surface area contributed by atoms with Crippen molar-refractivity contribution >= 4 is 23.1 Å². The molecule has 0 bridgehead atoms. The lowest BCUT2D eigenvalue weighted by Gasteiger charge is -2.38. The van der Waals surface area contributed by atoms with E-state index < -0.39 is 5.92 Å². The summed E-state index contributed by atoms with van der Waals surface area (Å²) in [5.74, 6) is 0.399. The van der Waals surface area contributed by atoms with Gasteiger partial charge in [0.1, 0.15) is 12.1 Å². The van der Waals surface area contributed by atoms with Gasteiger partial charge in [0.15, 0.2) is 5.78 Å². The van der Waals surface area contributed by atoms with Crippen molar-refractivity contribution in [1.82, 2.24) is 15.2 Å². The summed E-state index contributed by atoms with van der Waals surface area (Å²) in [6, 6.07) is 4.31. The Hall–Kier alpha value is -2.92. The van der Waals surface area contributed by atoms with Crippen LogP contribution in [0.1, 0.15) is 40.5 Å². The Morgan fingerprint density at radius 2 is 2.23 bits per heavy atom. The number of rotatable bonds is 2. The summed E-state index contributed by atoms with van der Waals surface area (Å²) in [5, 5.41) is 16.6. The van der Waals surface area contributed by atoms with Gasteiger partial charge in [-0.15, -0.1) is 11.3 Å². The molecule has 0 radical (unpaired) electrons. The van der Waals surface area contributed by atoms with Crippen LogP contribution in [0.3, 0.4) is 0 Å². The van der Waals surface area contributed by atoms with Crippen molar-refractivity contribution in [2.24, 2.45) is 5.73 Å². The third kappa shape index (κ3) is 2.35. The number of aromatic amines is 1. The van der Waals surface area contributed by atoms with Gasteiger partial charge in [-0.2, -0.15) is 15.3 Å². The maximum absolute atomic E-state index is 12.9. The number of carbonyl (C=O) groups excluding carboxylic acids is 1. The highest BCUT2D eigenvalue weighted by Gasteiger charge is 2.41. The van der Waals surface area contributed by atoms with E-state index in [9.17, 15) is 10.1 Å². The van der Waals surface area contributed by atoms with Gasteiger partial charge in [0, 0.05) is 27.4 Å². The third-order valence-electron chi connectivity index (χ3n) is 4.92. The highest BCUT2D eigenvalue weighted by atomic mass is 32.1. The fraction of sp³-hybridized carbons (Fsp3) is 0.333. The molecule has 0 amide bonds. The fourth-order valence-corrected chi connectivity index (χ4v) is 4.85. The molecule has 0 fully saturated rings. The number of thiophene rings is 1. The Morgan fingerprint density at radius 3 is 2.85 bits per heavy atom. The Bertz CT molecular complexity index is 992. The van der Waals surface area contributed by atoms with Gasteiger partial charge in [0.05, 0.1) is 17.6 Å². The van der Waals surface area contributed by atoms with E-state index in [1.54, 1.807) is 16.2 Å². The molecule has 132 valence electrons. The van der Waals surface area contributed by atoms with Gasteiger partial charge in [0.2, 0.25) is 5.95 Å². The minimum Gasteiger partial charge on any atom is -0.384 e. The highest BCUT2D eigenvalue weighted by molar-refractivity contribution is 7.12. The second kappa shape index (κ2) is 6.11. The van der Waals surface area contributed by atoms with Crippen LogP contribution in [0.25, 0.3) is 0 Å². The molecule has 1 atom stereocenters. The van der Waals surface area contributed by atoms with Crippen molar-refractivity contribution in [1.29, 1.82) is 5.26 Å². The molecule has 2 aliphatic rings. The summed E-state index contributed by atoms with van der Waals surface area (Å²) in [7, 11) is 0. The maximum atomic E-state index is 12.9. The van der Waals surface area contributed by atoms with E-state index >= 15 is 0 Å². The van der Waals surface area contributed by atoms with Gasteiger partial charge in [-0.25, -0.2) is 5.10 Å². The number of allylic oxidation sites excluding steroid dienone is 3. The average Bonchev–Trinajstić information content (AvgIpc) is 3.23. The molecule has 2 aromatic rings. The van der Waals surface area contributed by atoms with Crippen LogP contribution in [0.4, 0.5) is 5.95 Å². The number of nitrogens with one attached hydrogen (secondary N) is 1. The van der Waals surface area contributed by atoms with Crippen LogP contribution in [0, 0.1) is 25.2 Å². The van der Waals surface area contributed by atoms with Crippen molar-refractivity contribution in [2.75, 3.05) is 4.90 Å². The minimum absolute atomic E-state index is 0.0734. The highest BCUT2D eigenvalue weighted by Crippen LogP contribution is 2.47. The van der Waals surface area contributed by atoms with Crippen LogP contribution in [0.5, 0.6) is 0 Å². The first-order chi connectivity index (χ1) is 12.5. The summed E-state index contributed by atoms with van der Waals surface area (Å²) < 4.78 is 0. The average molecular weight is 366 g/mol. The van der Waals surface area contributed by atoms with E-state index in [0.717, 1.165) is 27.4 Å². The molecule has 26 heavy (non-hydrogen) atoms. The van der Waals surface area contributed by atoms with Crippen LogP contribution in [0.2, 0.25) is 0 Å². The number of anilines is 1. The second-order valence-electron chi connectivity index (χ2n) is 6.49. The maximum Gasteiger partial charge on any atom is 0.231 e. The van der Waals surface area contributed by atoms with Gasteiger partial charge in [-0.1, -0.05) is 0 Å². The molecule has 1 aliphatic carbocycles. The van der Waals surface area contributed by atoms with E-state index in [1.807, 2.05) is 13.8 Å². The van der Waals surface area contributed by atoms with Crippen LogP contribution < -0.4 is 10.6 Å². The summed E-state index contributed by atoms with van der Waals surface area (Å²) in [6.45, 7) is 4.05. The van der Waals surface area contributed by atoms with Gasteiger partial charge < -0.3 is 5.73 Å². The smallest absolute Gasteiger partial charge is 0.231 e. The molecule has 0 saturated heterocycles. The van der Waals surface area contributed by atoms with Crippen molar-refractivity contribution in [2.45, 2.75) is 39.0 Å². The number of hydrogen-bond donors (Lipinski definition) is 2. The molecule has 1 aliphatic heterocycles. The van der Waals surface area contributed by atoms with Crippen molar-refractivity contribution in [3.63, 3.8) is 0 Å². The number of nitrogens with zero attached hydrogens (tertiary/aromatic N) is 4. The van der Waals surface area contributed by atoms with E-state index in [1.165, 1.54) is 6.33 Å². The molecule has 3 N–H and O–H groups in total. The molecular formula is C18H18N6OS. The van der Waals surface area contributed by atoms with E-state index in [4.69, 9.17) is 5.73 Å². The van der Waals surface area contributed by atoms with Crippen LogP contribution in [-0.4, -0.2) is 21.0 Å². The first-order valence-electron chi connectivity index (χ1n) is 8.41. The molecule has 2 aromatic heterocycles. The monoisotopic (exact) mass is 366 g/mol. The summed E-state index contributed by atoms with van der Waals surface area (Å²) in [5.41, 5.74) is 9.28. The number of ketones is 1. The predicted molar refractivity (Wildman–Crippen MR) is 98.1 cm³/mol. The van der Waals surface area contributed by atoms with Crippen molar-refractivity contribution in [3.8, 4) is 6.07 Å². The number of aryl methyl sites for hydroxylation is 2. The van der Waals surface area contributed by atoms with Gasteiger partial charge in [-0.05, 0) is 38.3 Å². The van der Waals surface area contributed by atoms with Crippen molar-refractivity contribution < 1.29 is 4.79 Å². The van der Waals surface area contributed by atoms with Crippen molar-refractivity contribution in [3.05, 3.63) is 50.4 Å². The summed E-state index contributed by atoms with van der Waals surface area (Å²) >= 11 is 1.67. The van der Waals surface area contributed by atoms with Crippen LogP contribution in [-0.2, 0) is 4.79 Å². The Labute approximate surface area is 154 Å². The van der Waals surface area contributed by atoms with E-state index in [2.05, 4.69) is 27.3 Å². The summed E-state index contributed by atoms with van der Waals surface area (Å²) in [6.07, 6.45) is 3.34. The molecule has 7 nitrogen and oxygen atoms in total. The molecule has 0 aromatic carbocycles. The van der Waals surface area contributed by atoms with Gasteiger partial charge >= 0.3 is 0 Å². The minimum atomic E-state index is -0.410. The Balaban J connectivity index is 2.00. The SMILES string of the molecule is Cc1cc(C2C(C#N)=C(N)N(c3ncn[nH]3)C3=C2C(=O)CCC3)c(C)s1. The number of nitrogens with two attached hydrogens (primary N) is 1. The lowest BCUT2D eigenvalue weighted by molar-refractivity contribution is -0.116. The number of Topliss-reactive ketones (excluding diaryl/α,β-unsaturated/α-hetero) is 1. The topological polar surface area (TPSA) is 112 Å². The molecule has 3 heterocycles. The first kappa shape index (κ1) is 16.5. The number of H-pyrrole nitrogens is 1. The number of nitriles is 1. The second-order valence-corrected chi connectivity index (χ2v) is 7.95. The van der Waals surface area contributed by atoms with Gasteiger partial charge in [0.25, 0.3) is 0 Å². The molecular weight excluding hydrogens is 348 g/mol. The number of carbonyl (C=O) groups is 1. The van der Waals surface area contributed by atoms with Crippen LogP contribution >= 0.6 is 11.3 Å². The largest absolute Gasteiger partial charge is 0.384 e. The standard InChI is InChI=1S/C18H18N6OS/c1-9-6-11(10(2)26-9)15-12(7-19)17(20)24(18-21-8-22-23-18)13-4-3-5-14(25)16(13)15/h6,8,15H,3-5,20H2,1-2H3,(H,21,22,23). The number of hydrogen-bond acceptors (Lipinski definition) is 7. The fourth-order valence-electron chi connectivity index (χ4n) is 3.88. The third-order valence-corrected chi connectivity index (χ3v) is 5.90. The van der Waals surface area contributed by atoms with E-state index in [0.29, 0.717) is 35.8 Å². The zero-order chi connectivity index (χ0) is 18.4. The molecule has 4 rings (SSSR count). The normalized spacial score (nSPS) is 20.4. The zero-order valence-corrected chi connectivity index (χ0v) is 15.4. The molecule has 8 heteroatoms. The quantitative estimate of drug-likeness (QED) is 0.845. The summed E-state index contributed by atoms with van der Waals surface area (Å²) in [4.78, 5) is 21.0. The molecule has 0 saturated carbocycles. The van der Waals surface area contributed by atoms with Crippen LogP contribution in [0.15, 0.2) is 35.1 Å². The lowest BCUT2D eigenvalue weighted by atomic mass is 9.76. The Morgan fingerprint density at radius 1 is 1.42 bits per heavy atom. The number of aromatic nitrogens is 3. The predicted octanol–water partition coefficient (Wildman–Crippen LogP) is 2.79. The Kier molecular flexibility index (Phi) is 3.89. The lowest BCUT2D eigenvalue weighted by Crippen LogP contribution is -2.39. The molecule has 1 unspecified atom stereocenters. The zero-order valence-electron chi connectivity index (χ0n) is 14.5. The first-order valence-corrected chi connectivity index (χ1v) is 9.23.